The molecular weight excluding hydrogens is 446 g/mol. The second-order valence-electron chi connectivity index (χ2n) is 8.77. The average molecular weight is 482 g/mol. The number of ether oxygens (including phenoxy) is 2. The number of urea groups is 1. The summed E-state index contributed by atoms with van der Waals surface area (Å²) in [5.41, 5.74) is 2.61. The summed E-state index contributed by atoms with van der Waals surface area (Å²) in [6.07, 6.45) is 3.11. The van der Waals surface area contributed by atoms with Gasteiger partial charge in [-0.3, -0.25) is 9.69 Å². The Bertz CT molecular complexity index is 1000. The molecule has 0 spiro atoms. The molecule has 2 aliphatic heterocycles. The second kappa shape index (κ2) is 12.4. The number of hydrogen-bond acceptors (Lipinski definition) is 6. The van der Waals surface area contributed by atoms with Gasteiger partial charge in [0, 0.05) is 44.1 Å². The maximum atomic E-state index is 13.2. The lowest BCUT2D eigenvalue weighted by molar-refractivity contribution is 0.0374. The van der Waals surface area contributed by atoms with E-state index in [0.29, 0.717) is 29.2 Å². The monoisotopic (exact) mass is 481 g/mol. The number of carbonyl (C=O) groups excluding carboxylic acids is 2. The van der Waals surface area contributed by atoms with Crippen LogP contribution in [0.2, 0.25) is 0 Å². The topological polar surface area (TPSA) is 95.2 Å². The molecule has 0 atom stereocenters. The van der Waals surface area contributed by atoms with E-state index in [1.54, 1.807) is 25.3 Å². The van der Waals surface area contributed by atoms with E-state index >= 15 is 0 Å². The first-order valence-electron chi connectivity index (χ1n) is 12.3. The summed E-state index contributed by atoms with van der Waals surface area (Å²) in [5, 5.41) is 8.71. The van der Waals surface area contributed by atoms with Gasteiger partial charge in [0.2, 0.25) is 0 Å². The maximum Gasteiger partial charge on any atom is 0.323 e. The number of carbonyl (C=O) groups is 2. The fourth-order valence-corrected chi connectivity index (χ4v) is 4.49. The van der Waals surface area contributed by atoms with Crippen molar-refractivity contribution in [2.75, 3.05) is 75.1 Å². The molecule has 0 bridgehead atoms. The van der Waals surface area contributed by atoms with Gasteiger partial charge in [-0.1, -0.05) is 12.1 Å². The van der Waals surface area contributed by atoms with E-state index < -0.39 is 6.03 Å². The smallest absolute Gasteiger partial charge is 0.323 e. The number of rotatable bonds is 9. The molecule has 0 radical (unpaired) electrons. The minimum Gasteiger partial charge on any atom is -0.495 e. The fourth-order valence-electron chi connectivity index (χ4n) is 4.49. The van der Waals surface area contributed by atoms with Crippen LogP contribution in [0.5, 0.6) is 5.75 Å². The van der Waals surface area contributed by atoms with Crippen LogP contribution in [-0.4, -0.2) is 76.4 Å². The SMILES string of the molecule is COc1ccccc1NC(=O)Nc1ccc(N2CCCC2)c(C(=O)NCCCN2CCOCC2)c1. The number of morpholine rings is 1. The van der Waals surface area contributed by atoms with Crippen molar-refractivity contribution in [1.82, 2.24) is 10.2 Å². The second-order valence-corrected chi connectivity index (χ2v) is 8.77. The van der Waals surface area contributed by atoms with Gasteiger partial charge in [-0.15, -0.1) is 0 Å². The van der Waals surface area contributed by atoms with Gasteiger partial charge in [0.1, 0.15) is 5.75 Å². The fraction of sp³-hybridized carbons (Fsp3) is 0.462. The number of anilines is 3. The maximum absolute atomic E-state index is 13.2. The largest absolute Gasteiger partial charge is 0.495 e. The van der Waals surface area contributed by atoms with Crippen LogP contribution in [0.3, 0.4) is 0 Å². The van der Waals surface area contributed by atoms with E-state index in [4.69, 9.17) is 9.47 Å². The number of nitrogens with one attached hydrogen (secondary N) is 3. The third kappa shape index (κ3) is 6.86. The highest BCUT2D eigenvalue weighted by atomic mass is 16.5. The van der Waals surface area contributed by atoms with Gasteiger partial charge in [-0.25, -0.2) is 4.79 Å². The van der Waals surface area contributed by atoms with Crippen LogP contribution in [-0.2, 0) is 4.74 Å². The predicted molar refractivity (Wildman–Crippen MR) is 138 cm³/mol. The van der Waals surface area contributed by atoms with Crippen LogP contribution >= 0.6 is 0 Å². The molecule has 9 nitrogen and oxygen atoms in total. The Morgan fingerprint density at radius 3 is 2.54 bits per heavy atom. The number of hydrogen-bond donors (Lipinski definition) is 3. The molecular formula is C26H35N5O4. The van der Waals surface area contributed by atoms with Crippen LogP contribution in [0.4, 0.5) is 21.9 Å². The van der Waals surface area contributed by atoms with Crippen molar-refractivity contribution < 1.29 is 19.1 Å². The first-order valence-corrected chi connectivity index (χ1v) is 12.3. The lowest BCUT2D eigenvalue weighted by Gasteiger charge is -2.26. The first-order chi connectivity index (χ1) is 17.1. The van der Waals surface area contributed by atoms with Crippen molar-refractivity contribution >= 4 is 29.0 Å². The molecule has 2 fully saturated rings. The van der Waals surface area contributed by atoms with Gasteiger partial charge in [0.05, 0.1) is 31.6 Å². The summed E-state index contributed by atoms with van der Waals surface area (Å²) in [4.78, 5) is 30.4. The summed E-state index contributed by atoms with van der Waals surface area (Å²) in [6, 6.07) is 12.3. The van der Waals surface area contributed by atoms with Crippen molar-refractivity contribution in [3.05, 3.63) is 48.0 Å². The highest BCUT2D eigenvalue weighted by Crippen LogP contribution is 2.28. The summed E-state index contributed by atoms with van der Waals surface area (Å²) < 4.78 is 10.7. The Morgan fingerprint density at radius 2 is 1.77 bits per heavy atom. The first kappa shape index (κ1) is 24.8. The number of methoxy groups -OCH3 is 1. The molecule has 0 aliphatic carbocycles. The number of amides is 3. The molecule has 2 aliphatic rings. The number of benzene rings is 2. The van der Waals surface area contributed by atoms with Gasteiger partial charge < -0.3 is 30.3 Å². The van der Waals surface area contributed by atoms with E-state index in [0.717, 1.165) is 70.9 Å². The molecule has 188 valence electrons. The molecule has 4 rings (SSSR count). The zero-order chi connectivity index (χ0) is 24.5. The Hall–Kier alpha value is -3.30. The Labute approximate surface area is 206 Å². The van der Waals surface area contributed by atoms with Crippen LogP contribution in [0.15, 0.2) is 42.5 Å². The van der Waals surface area contributed by atoms with Crippen molar-refractivity contribution in [1.29, 1.82) is 0 Å². The summed E-state index contributed by atoms with van der Waals surface area (Å²) >= 11 is 0. The minimum atomic E-state index is -0.403. The van der Waals surface area contributed by atoms with Crippen LogP contribution in [0.1, 0.15) is 29.6 Å². The Kier molecular flexibility index (Phi) is 8.80. The molecule has 2 heterocycles. The lowest BCUT2D eigenvalue weighted by Crippen LogP contribution is -2.38. The van der Waals surface area contributed by atoms with E-state index in [2.05, 4.69) is 25.8 Å². The van der Waals surface area contributed by atoms with Crippen molar-refractivity contribution in [2.45, 2.75) is 19.3 Å². The Morgan fingerprint density at radius 1 is 1.00 bits per heavy atom. The van der Waals surface area contributed by atoms with E-state index in [1.165, 1.54) is 0 Å². The predicted octanol–water partition coefficient (Wildman–Crippen LogP) is 3.39. The zero-order valence-electron chi connectivity index (χ0n) is 20.3. The third-order valence-corrected chi connectivity index (χ3v) is 6.34. The van der Waals surface area contributed by atoms with Crippen molar-refractivity contribution in [2.24, 2.45) is 0 Å². The van der Waals surface area contributed by atoms with E-state index in [-0.39, 0.29) is 5.91 Å². The average Bonchev–Trinajstić information content (AvgIpc) is 3.42. The standard InChI is InChI=1S/C26H35N5O4/c1-34-24-8-3-2-7-22(24)29-26(33)28-20-9-10-23(31-13-4-5-14-31)21(19-20)25(32)27-11-6-12-30-15-17-35-18-16-30/h2-3,7-10,19H,4-6,11-18H2,1H3,(H,27,32)(H2,28,29,33). The summed E-state index contributed by atoms with van der Waals surface area (Å²) in [5.74, 6) is 0.451. The molecule has 35 heavy (non-hydrogen) atoms. The van der Waals surface area contributed by atoms with Gasteiger partial charge in [0.25, 0.3) is 5.91 Å². The molecule has 0 aromatic heterocycles. The van der Waals surface area contributed by atoms with Crippen LogP contribution in [0.25, 0.3) is 0 Å². The summed E-state index contributed by atoms with van der Waals surface area (Å²) in [7, 11) is 1.56. The minimum absolute atomic E-state index is 0.123. The molecule has 2 saturated heterocycles. The Balaban J connectivity index is 1.40. The van der Waals surface area contributed by atoms with Gasteiger partial charge in [-0.05, 0) is 56.1 Å². The van der Waals surface area contributed by atoms with Crippen LogP contribution < -0.4 is 25.6 Å². The van der Waals surface area contributed by atoms with Crippen molar-refractivity contribution in [3.63, 3.8) is 0 Å². The number of para-hydroxylation sites is 2. The molecule has 0 saturated carbocycles. The van der Waals surface area contributed by atoms with Gasteiger partial charge in [-0.2, -0.15) is 0 Å². The highest BCUT2D eigenvalue weighted by molar-refractivity contribution is 6.04. The van der Waals surface area contributed by atoms with Gasteiger partial charge in [0.15, 0.2) is 0 Å². The number of nitrogens with zero attached hydrogens (tertiary/aromatic N) is 2. The van der Waals surface area contributed by atoms with Gasteiger partial charge >= 0.3 is 6.03 Å². The zero-order valence-corrected chi connectivity index (χ0v) is 20.3. The van der Waals surface area contributed by atoms with E-state index in [9.17, 15) is 9.59 Å². The molecule has 0 unspecified atom stereocenters. The van der Waals surface area contributed by atoms with Crippen molar-refractivity contribution in [3.8, 4) is 5.75 Å². The third-order valence-electron chi connectivity index (χ3n) is 6.34. The van der Waals surface area contributed by atoms with Crippen LogP contribution in [0, 0.1) is 0 Å². The quantitative estimate of drug-likeness (QED) is 0.476. The molecule has 2 aromatic rings. The summed E-state index contributed by atoms with van der Waals surface area (Å²) in [6.45, 7) is 6.83. The lowest BCUT2D eigenvalue weighted by atomic mass is 10.1. The highest BCUT2D eigenvalue weighted by Gasteiger charge is 2.21. The van der Waals surface area contributed by atoms with E-state index in [1.807, 2.05) is 24.3 Å². The molecule has 2 aromatic carbocycles. The molecule has 9 heteroatoms. The molecule has 3 N–H and O–H groups in total. The molecule has 3 amide bonds. The normalized spacial score (nSPS) is 16.1.